The van der Waals surface area contributed by atoms with Gasteiger partial charge in [0.2, 0.25) is 5.91 Å². The second kappa shape index (κ2) is 5.43. The van der Waals surface area contributed by atoms with E-state index in [1.54, 1.807) is 0 Å². The zero-order valence-electron chi connectivity index (χ0n) is 11.8. The minimum absolute atomic E-state index is 0.00419. The second-order valence-corrected chi connectivity index (χ2v) is 5.53. The largest absolute Gasteiger partial charge is 0.308 e. The summed E-state index contributed by atoms with van der Waals surface area (Å²) in [7, 11) is 0. The molecular formula is C17H21NO. The number of carbonyl (C=O) groups excluding carboxylic acids is 1. The van der Waals surface area contributed by atoms with Gasteiger partial charge in [-0.2, -0.15) is 0 Å². The Morgan fingerprint density at radius 1 is 1.21 bits per heavy atom. The molecule has 2 nitrogen and oxygen atoms in total. The molecule has 1 aliphatic heterocycles. The van der Waals surface area contributed by atoms with Gasteiger partial charge in [0, 0.05) is 11.6 Å². The van der Waals surface area contributed by atoms with E-state index in [4.69, 9.17) is 0 Å². The van der Waals surface area contributed by atoms with Crippen molar-refractivity contribution in [3.63, 3.8) is 0 Å². The third kappa shape index (κ3) is 2.78. The Kier molecular flexibility index (Phi) is 3.89. The monoisotopic (exact) mass is 255 g/mol. The summed E-state index contributed by atoms with van der Waals surface area (Å²) in [6, 6.07) is 10.1. The van der Waals surface area contributed by atoms with Crippen LogP contribution in [0.15, 0.2) is 54.8 Å². The van der Waals surface area contributed by atoms with Gasteiger partial charge in [0.15, 0.2) is 0 Å². The van der Waals surface area contributed by atoms with Crippen LogP contribution >= 0.6 is 0 Å². The molecule has 0 saturated heterocycles. The molecule has 0 spiro atoms. The highest BCUT2D eigenvalue weighted by Crippen LogP contribution is 2.31. The van der Waals surface area contributed by atoms with E-state index in [-0.39, 0.29) is 17.4 Å². The Morgan fingerprint density at radius 2 is 1.89 bits per heavy atom. The smallest absolute Gasteiger partial charge is 0.232 e. The lowest BCUT2D eigenvalue weighted by Gasteiger charge is -2.35. The molecule has 1 atom stereocenters. The minimum Gasteiger partial charge on any atom is -0.308 e. The number of amides is 1. The van der Waals surface area contributed by atoms with Gasteiger partial charge in [0.25, 0.3) is 0 Å². The molecule has 1 unspecified atom stereocenters. The van der Waals surface area contributed by atoms with Crippen molar-refractivity contribution in [2.24, 2.45) is 5.41 Å². The topological polar surface area (TPSA) is 20.3 Å². The number of carbonyl (C=O) groups is 1. The van der Waals surface area contributed by atoms with Gasteiger partial charge in [-0.1, -0.05) is 63.3 Å². The first-order chi connectivity index (χ1) is 9.06. The quantitative estimate of drug-likeness (QED) is 0.797. The summed E-state index contributed by atoms with van der Waals surface area (Å²) in [6.45, 7) is 6.06. The van der Waals surface area contributed by atoms with Gasteiger partial charge in [-0.3, -0.25) is 4.79 Å². The normalized spacial score (nSPS) is 18.7. The van der Waals surface area contributed by atoms with E-state index >= 15 is 0 Å². The van der Waals surface area contributed by atoms with Crippen LogP contribution < -0.4 is 0 Å². The molecule has 0 radical (unpaired) electrons. The molecule has 1 aliphatic rings. The summed E-state index contributed by atoms with van der Waals surface area (Å²) < 4.78 is 0. The van der Waals surface area contributed by atoms with Crippen molar-refractivity contribution in [1.82, 2.24) is 4.90 Å². The number of hydrogen-bond donors (Lipinski definition) is 0. The van der Waals surface area contributed by atoms with Crippen LogP contribution in [0.3, 0.4) is 0 Å². The Morgan fingerprint density at radius 3 is 2.53 bits per heavy atom. The molecule has 1 aromatic carbocycles. The molecule has 100 valence electrons. The molecule has 0 saturated carbocycles. The van der Waals surface area contributed by atoms with Crippen LogP contribution in [0.5, 0.6) is 0 Å². The number of nitrogens with zero attached hydrogens (tertiary/aromatic N) is 1. The SMILES string of the molecule is CCC(C)(C)C(=O)N1C=CC=CC1c1ccccc1. The molecular weight excluding hydrogens is 234 g/mol. The van der Waals surface area contributed by atoms with Crippen molar-refractivity contribution in [3.8, 4) is 0 Å². The van der Waals surface area contributed by atoms with Crippen LogP contribution in [0.1, 0.15) is 38.8 Å². The van der Waals surface area contributed by atoms with Gasteiger partial charge in [0.1, 0.15) is 0 Å². The van der Waals surface area contributed by atoms with Gasteiger partial charge in [-0.05, 0) is 18.1 Å². The molecule has 2 rings (SSSR count). The fraction of sp³-hybridized carbons (Fsp3) is 0.353. The first-order valence-corrected chi connectivity index (χ1v) is 6.79. The lowest BCUT2D eigenvalue weighted by atomic mass is 9.87. The van der Waals surface area contributed by atoms with E-state index in [0.29, 0.717) is 0 Å². The summed E-state index contributed by atoms with van der Waals surface area (Å²) in [4.78, 5) is 14.5. The van der Waals surface area contributed by atoms with Crippen molar-refractivity contribution < 1.29 is 4.79 Å². The van der Waals surface area contributed by atoms with Crippen LogP contribution in [0.2, 0.25) is 0 Å². The average molecular weight is 255 g/mol. The number of hydrogen-bond acceptors (Lipinski definition) is 1. The molecule has 1 heterocycles. The number of benzene rings is 1. The van der Waals surface area contributed by atoms with Crippen LogP contribution in [-0.4, -0.2) is 10.8 Å². The van der Waals surface area contributed by atoms with Crippen molar-refractivity contribution in [3.05, 3.63) is 60.3 Å². The summed E-state index contributed by atoms with van der Waals surface area (Å²) in [5.41, 5.74) is 0.811. The standard InChI is InChI=1S/C17H21NO/c1-4-17(2,3)16(19)18-13-9-8-12-15(18)14-10-6-5-7-11-14/h5-13,15H,4H2,1-3H3. The maximum Gasteiger partial charge on any atom is 0.232 e. The molecule has 1 aromatic rings. The first kappa shape index (κ1) is 13.6. The van der Waals surface area contributed by atoms with E-state index in [0.717, 1.165) is 12.0 Å². The summed E-state index contributed by atoms with van der Waals surface area (Å²) in [5.74, 6) is 0.171. The summed E-state index contributed by atoms with van der Waals surface area (Å²) in [6.07, 6.45) is 8.71. The van der Waals surface area contributed by atoms with E-state index in [1.165, 1.54) is 0 Å². The molecule has 0 fully saturated rings. The van der Waals surface area contributed by atoms with Crippen LogP contribution in [0, 0.1) is 5.41 Å². The van der Waals surface area contributed by atoms with Crippen molar-refractivity contribution in [2.45, 2.75) is 33.2 Å². The van der Waals surface area contributed by atoms with Crippen molar-refractivity contribution >= 4 is 5.91 Å². The number of rotatable bonds is 3. The highest BCUT2D eigenvalue weighted by atomic mass is 16.2. The molecule has 0 N–H and O–H groups in total. The molecule has 2 heteroatoms. The van der Waals surface area contributed by atoms with Crippen molar-refractivity contribution in [1.29, 1.82) is 0 Å². The van der Waals surface area contributed by atoms with Gasteiger partial charge < -0.3 is 4.90 Å². The molecule has 0 aliphatic carbocycles. The Labute approximate surface area is 115 Å². The predicted octanol–water partition coefficient (Wildman–Crippen LogP) is 4.08. The van der Waals surface area contributed by atoms with E-state index in [9.17, 15) is 4.79 Å². The van der Waals surface area contributed by atoms with Crippen LogP contribution in [-0.2, 0) is 4.79 Å². The predicted molar refractivity (Wildman–Crippen MR) is 78.4 cm³/mol. The zero-order valence-corrected chi connectivity index (χ0v) is 11.8. The van der Waals surface area contributed by atoms with E-state index in [2.05, 4.69) is 25.1 Å². The minimum atomic E-state index is -0.331. The van der Waals surface area contributed by atoms with E-state index < -0.39 is 0 Å². The van der Waals surface area contributed by atoms with Crippen molar-refractivity contribution in [2.75, 3.05) is 0 Å². The maximum absolute atomic E-state index is 12.7. The summed E-state index contributed by atoms with van der Waals surface area (Å²) in [5, 5.41) is 0. The molecule has 0 aromatic heterocycles. The third-order valence-corrected chi connectivity index (χ3v) is 3.79. The van der Waals surface area contributed by atoms with Gasteiger partial charge >= 0.3 is 0 Å². The highest BCUT2D eigenvalue weighted by Gasteiger charge is 2.33. The average Bonchev–Trinajstić information content (AvgIpc) is 2.47. The molecule has 1 amide bonds. The zero-order chi connectivity index (χ0) is 13.9. The molecule has 19 heavy (non-hydrogen) atoms. The second-order valence-electron chi connectivity index (χ2n) is 5.53. The highest BCUT2D eigenvalue weighted by molar-refractivity contribution is 5.83. The Balaban J connectivity index is 2.31. The molecule has 0 bridgehead atoms. The fourth-order valence-electron chi connectivity index (χ4n) is 2.11. The third-order valence-electron chi connectivity index (χ3n) is 3.79. The van der Waals surface area contributed by atoms with E-state index in [1.807, 2.05) is 55.3 Å². The Bertz CT molecular complexity index is 499. The first-order valence-electron chi connectivity index (χ1n) is 6.79. The number of allylic oxidation sites excluding steroid dienone is 2. The summed E-state index contributed by atoms with van der Waals surface area (Å²) >= 11 is 0. The Hall–Kier alpha value is -1.83. The maximum atomic E-state index is 12.7. The van der Waals surface area contributed by atoms with Gasteiger partial charge in [-0.25, -0.2) is 0 Å². The fourth-order valence-corrected chi connectivity index (χ4v) is 2.11. The lowest BCUT2D eigenvalue weighted by molar-refractivity contribution is -0.139. The lowest BCUT2D eigenvalue weighted by Crippen LogP contribution is -2.39. The van der Waals surface area contributed by atoms with Crippen LogP contribution in [0.4, 0.5) is 0 Å². The van der Waals surface area contributed by atoms with Crippen LogP contribution in [0.25, 0.3) is 0 Å². The van der Waals surface area contributed by atoms with Gasteiger partial charge in [-0.15, -0.1) is 0 Å². The van der Waals surface area contributed by atoms with Gasteiger partial charge in [0.05, 0.1) is 6.04 Å².